The smallest absolute Gasteiger partial charge is 0.748 e. The second kappa shape index (κ2) is 59.6. The van der Waals surface area contributed by atoms with Gasteiger partial charge in [-0.25, -0.2) is 46.8 Å². The van der Waals surface area contributed by atoms with Gasteiger partial charge in [-0.15, -0.1) is 0 Å². The van der Waals surface area contributed by atoms with Crippen molar-refractivity contribution in [3.05, 3.63) is 166 Å². The molecule has 1 heterocycles. The number of aromatic nitrogens is 1. The summed E-state index contributed by atoms with van der Waals surface area (Å²) in [5.41, 5.74) is 5.56. The largest absolute Gasteiger partial charge is 1.00 e. The van der Waals surface area contributed by atoms with Gasteiger partial charge >= 0.3 is 59.4 Å². The van der Waals surface area contributed by atoms with Gasteiger partial charge in [-0.2, -0.15) is 8.78 Å². The molecule has 29 nitrogen and oxygen atoms in total. The van der Waals surface area contributed by atoms with Gasteiger partial charge < -0.3 is 71.0 Å². The number of carbonyl (C=O) groups excluding carboxylic acids is 3. The zero-order valence-corrected chi connectivity index (χ0v) is 77.7. The van der Waals surface area contributed by atoms with Gasteiger partial charge in [0.2, 0.25) is 34.8 Å². The maximum Gasteiger partial charge on any atom is 1.00 e. The summed E-state index contributed by atoms with van der Waals surface area (Å²) in [6.45, 7) is 17.5. The molecule has 40 heteroatoms. The molecule has 668 valence electrons. The number of esters is 3. The number of carboxylic acids is 2. The molecule has 0 amide bonds. The number of aliphatic carboxylic acids is 2. The van der Waals surface area contributed by atoms with Crippen molar-refractivity contribution in [3.8, 4) is 5.75 Å². The number of hydrogen-bond donors (Lipinski definition) is 3. The second-order valence-corrected chi connectivity index (χ2v) is 37.9. The predicted octanol–water partition coefficient (Wildman–Crippen LogP) is 6.56. The molecule has 0 aliphatic rings. The first-order chi connectivity index (χ1) is 53.6. The van der Waals surface area contributed by atoms with Gasteiger partial charge in [-0.1, -0.05) is 155 Å². The van der Waals surface area contributed by atoms with Crippen LogP contribution in [0.3, 0.4) is 0 Å². The fraction of sp³-hybridized carbons (Fsp3) is 0.564. The fourth-order valence-corrected chi connectivity index (χ4v) is 12.4. The Labute approximate surface area is 725 Å². The standard InChI is InChI=1S/C15H23NO5S.C14H16F5NO5S.C13H19NO2.C13H21N.C8H17NO5S.C7H8O.C6H13NO2.C2H5BrO3S.Na/c1-16(2,11-12-22(18,19)20)10-6-9-15(17)21-13-14-7-4-3-5-8-14;1-20(2,6-7-26(22,23)24)5-3-4-8(21)25-14-12(18)10(16)9(15)11(17)13(14)19;1-14(2)10-6-9-13(15)16-11-12-7-4-3-5-8-12;1-12(2,3)10-8-7-9-11(14-10)13(4,5)6;1-9(2,5-3-4-8(10)11)6-7-15(12,13)14;8-6-7-4-2-1-3-5-7;1-7(2)5-3-4-6(8)9;3-1-2-7(4,5)6;/h3-5,7-8H,6,9-13H2,1-2H3;3-7H2,1-2H3;3-5,7-8H,6,9-11H2,1-2H3;7-9H,1-6H3;3-7H2,1-2H3,(H-,10,11,12,13,14);1-5,8H,6H2;3-5H2,1-2H3,(H,8,9);1-2H2,(H,4,5,6);/q;;;;;;;;+1/p-1. The van der Waals surface area contributed by atoms with Crippen molar-refractivity contribution in [3.63, 3.8) is 0 Å². The van der Waals surface area contributed by atoms with Crippen LogP contribution in [0.4, 0.5) is 22.0 Å². The summed E-state index contributed by atoms with van der Waals surface area (Å²) in [4.78, 5) is 63.5. The molecule has 0 atom stereocenters. The van der Waals surface area contributed by atoms with E-state index in [0.717, 1.165) is 42.6 Å². The topological polar surface area (TPSA) is 422 Å². The van der Waals surface area contributed by atoms with Gasteiger partial charge in [0.05, 0.1) is 135 Å². The Kier molecular flexibility index (Phi) is 59.7. The molecule has 118 heavy (non-hydrogen) atoms. The first-order valence-electron chi connectivity index (χ1n) is 36.8. The Morgan fingerprint density at radius 3 is 0.975 bits per heavy atom. The molecule has 0 aliphatic heterocycles. The minimum Gasteiger partial charge on any atom is -0.748 e. The van der Waals surface area contributed by atoms with Crippen LogP contribution in [0.1, 0.15) is 134 Å². The number of benzene rings is 4. The van der Waals surface area contributed by atoms with Crippen molar-refractivity contribution in [2.75, 3.05) is 151 Å². The van der Waals surface area contributed by atoms with Crippen LogP contribution in [0.2, 0.25) is 0 Å². The van der Waals surface area contributed by atoms with E-state index in [1.165, 1.54) is 11.4 Å². The van der Waals surface area contributed by atoms with Gasteiger partial charge in [-0.3, -0.25) is 29.0 Å². The van der Waals surface area contributed by atoms with Gasteiger partial charge in [0.25, 0.3) is 0 Å². The molecule has 0 aliphatic carbocycles. The van der Waals surface area contributed by atoms with Crippen molar-refractivity contribution in [1.29, 1.82) is 0 Å². The van der Waals surface area contributed by atoms with Gasteiger partial charge in [0.1, 0.15) is 43.6 Å². The summed E-state index contributed by atoms with van der Waals surface area (Å²) in [7, 11) is 1.48. The van der Waals surface area contributed by atoms with Crippen LogP contribution < -0.4 is 34.3 Å². The normalized spacial score (nSPS) is 11.6. The second-order valence-electron chi connectivity index (χ2n) is 31.0. The number of alkyl halides is 1. The number of pyridine rings is 1. The van der Waals surface area contributed by atoms with E-state index in [2.05, 4.69) is 85.3 Å². The average Bonchev–Trinajstić information content (AvgIpc) is 0.854. The van der Waals surface area contributed by atoms with Gasteiger partial charge in [0, 0.05) is 65.4 Å². The van der Waals surface area contributed by atoms with Crippen LogP contribution in [0.5, 0.6) is 5.75 Å². The number of ether oxygens (including phenoxy) is 3. The van der Waals surface area contributed by atoms with Crippen molar-refractivity contribution in [1.82, 2.24) is 14.8 Å². The molecule has 5 rings (SSSR count). The fourth-order valence-electron chi connectivity index (χ4n) is 8.87. The minimum absolute atomic E-state index is 0. The summed E-state index contributed by atoms with van der Waals surface area (Å²) in [6.07, 6.45) is 3.38. The third kappa shape index (κ3) is 68.5. The maximum atomic E-state index is 13.4. The number of carboxylic acid groups (broad SMARTS) is 2. The van der Waals surface area contributed by atoms with E-state index in [9.17, 15) is 97.8 Å². The van der Waals surface area contributed by atoms with Crippen LogP contribution in [-0.2, 0) is 105 Å². The Balaban J connectivity index is -0.000000649. The minimum atomic E-state index is -4.40. The Hall–Kier alpha value is -6.09. The van der Waals surface area contributed by atoms with E-state index < -0.39 is 117 Å². The molecule has 0 radical (unpaired) electrons. The molecule has 5 aromatic rings. The van der Waals surface area contributed by atoms with E-state index >= 15 is 0 Å². The Morgan fingerprint density at radius 1 is 0.424 bits per heavy atom. The van der Waals surface area contributed by atoms with Crippen LogP contribution in [0.15, 0.2) is 109 Å². The van der Waals surface area contributed by atoms with Crippen molar-refractivity contribution in [2.45, 2.75) is 136 Å². The molecular formula is C78H121BrF5N6NaO23S4. The van der Waals surface area contributed by atoms with Crippen molar-refractivity contribution < 1.29 is 170 Å². The number of hydrogen-bond acceptors (Lipinski definition) is 24. The van der Waals surface area contributed by atoms with Crippen LogP contribution >= 0.6 is 15.9 Å². The number of halogens is 6. The molecule has 0 saturated heterocycles. The summed E-state index contributed by atoms with van der Waals surface area (Å²) in [5.74, 6) is -18.0. The monoisotopic (exact) mass is 1830 g/mol. The van der Waals surface area contributed by atoms with E-state index in [0.29, 0.717) is 47.9 Å². The maximum absolute atomic E-state index is 13.4. The average molecular weight is 1840 g/mol. The zero-order valence-electron chi connectivity index (χ0n) is 70.9. The van der Waals surface area contributed by atoms with Gasteiger partial charge in [-0.05, 0) is 82.9 Å². The summed E-state index contributed by atoms with van der Waals surface area (Å²) in [6, 6.07) is 35.0. The van der Waals surface area contributed by atoms with E-state index in [-0.39, 0.29) is 133 Å². The molecule has 4 aromatic carbocycles. The van der Waals surface area contributed by atoms with E-state index in [1.54, 1.807) is 28.2 Å². The Morgan fingerprint density at radius 2 is 0.703 bits per heavy atom. The van der Waals surface area contributed by atoms with Crippen LogP contribution in [-0.4, -0.2) is 276 Å². The summed E-state index contributed by atoms with van der Waals surface area (Å²) in [5, 5.41) is 25.4. The molecule has 0 saturated carbocycles. The molecule has 1 aromatic heterocycles. The van der Waals surface area contributed by atoms with Crippen molar-refractivity contribution in [2.24, 2.45) is 0 Å². The van der Waals surface area contributed by atoms with Crippen LogP contribution in [0, 0.1) is 29.1 Å². The first-order valence-corrected chi connectivity index (χ1v) is 44.2. The number of nitrogens with zero attached hydrogens (tertiary/aromatic N) is 6. The third-order valence-electron chi connectivity index (χ3n) is 15.8. The van der Waals surface area contributed by atoms with E-state index in [4.69, 9.17) is 29.8 Å². The quantitative estimate of drug-likeness (QED) is 0.00436. The molecular weight excluding hydrogens is 1720 g/mol. The number of carbonyl (C=O) groups is 5. The third-order valence-corrected chi connectivity index (χ3v) is 19.4. The van der Waals surface area contributed by atoms with Crippen molar-refractivity contribution >= 4 is 86.2 Å². The number of rotatable bonds is 37. The predicted molar refractivity (Wildman–Crippen MR) is 434 cm³/mol. The number of quaternary nitrogens is 3. The van der Waals surface area contributed by atoms with Gasteiger partial charge in [0.15, 0.2) is 0 Å². The molecule has 0 bridgehead atoms. The van der Waals surface area contributed by atoms with Crippen LogP contribution in [0.25, 0.3) is 0 Å². The first kappa shape index (κ1) is 118. The zero-order chi connectivity index (χ0) is 90.8. The molecule has 0 spiro atoms. The SMILES string of the molecule is CC(C)(C)c1cccc(C(C)(C)C)n1.CN(C)CCCC(=O)O.CN(C)CCCC(=O)OCc1ccccc1.C[N+](C)(CCCC(=O)O)CCS(=O)(=O)[O-].C[N+](C)(CCCC(=O)OCc1ccccc1)CCS(=O)(=O)[O-].C[N+](C)(CCCC(=O)Oc1c(F)c(F)c(F)c(F)c1F)CCS(=O)(=O)[O-].O=S(=O)([O-])CCBr.OCc1ccccc1.[Na+]. The summed E-state index contributed by atoms with van der Waals surface area (Å²) < 4.78 is 205. The molecule has 0 unspecified atom stereocenters. The molecule has 0 fully saturated rings. The number of aliphatic hydroxyl groups excluding tert-OH is 1. The van der Waals surface area contributed by atoms with E-state index in [1.807, 2.05) is 138 Å². The molecule has 3 N–H and O–H groups in total. The Bertz CT molecular complexity index is 4140. The summed E-state index contributed by atoms with van der Waals surface area (Å²) >= 11 is 2.81. The number of aliphatic hydroxyl groups is 1.